The number of hydrogen-bond donors (Lipinski definition) is 2. The monoisotopic (exact) mass is 458 g/mol. The molecule has 10 heteroatoms. The maximum atomic E-state index is 12.8. The van der Waals surface area contributed by atoms with Gasteiger partial charge in [0, 0.05) is 0 Å². The fourth-order valence-electron chi connectivity index (χ4n) is 2.84. The van der Waals surface area contributed by atoms with Gasteiger partial charge >= 0.3 is 5.97 Å². The summed E-state index contributed by atoms with van der Waals surface area (Å²) in [6.07, 6.45) is 1.65. The molecule has 0 atom stereocenters. The van der Waals surface area contributed by atoms with E-state index in [-0.39, 0.29) is 22.1 Å². The number of amides is 2. The van der Waals surface area contributed by atoms with Crippen LogP contribution in [-0.2, 0) is 9.59 Å². The molecule has 1 aliphatic rings. The first-order valence-corrected chi connectivity index (χ1v) is 10.2. The van der Waals surface area contributed by atoms with Crippen molar-refractivity contribution >= 4 is 57.8 Å². The lowest BCUT2D eigenvalue weighted by atomic mass is 10.1. The molecule has 2 aromatic rings. The van der Waals surface area contributed by atoms with Crippen molar-refractivity contribution in [1.29, 1.82) is 0 Å². The maximum absolute atomic E-state index is 12.8. The molecule has 0 spiro atoms. The third kappa shape index (κ3) is 5.04. The van der Waals surface area contributed by atoms with E-state index in [4.69, 9.17) is 21.7 Å². The molecule has 1 fully saturated rings. The highest BCUT2D eigenvalue weighted by Crippen LogP contribution is 2.34. The molecule has 160 valence electrons. The van der Waals surface area contributed by atoms with E-state index in [2.05, 4.69) is 5.32 Å². The first kappa shape index (κ1) is 22.3. The molecular formula is C21H18N2O6S2. The maximum Gasteiger partial charge on any atom is 0.337 e. The third-order valence-corrected chi connectivity index (χ3v) is 5.69. The Bertz CT molecular complexity index is 1100. The Hall–Kier alpha value is -3.37. The van der Waals surface area contributed by atoms with Gasteiger partial charge in [-0.05, 0) is 35.9 Å². The van der Waals surface area contributed by atoms with Gasteiger partial charge in [0.15, 0.2) is 11.5 Å². The van der Waals surface area contributed by atoms with Gasteiger partial charge in [0.2, 0.25) is 5.91 Å². The molecule has 1 saturated heterocycles. The number of ether oxygens (including phenoxy) is 2. The quantitative estimate of drug-likeness (QED) is 0.481. The number of carbonyl (C=O) groups excluding carboxylic acids is 2. The van der Waals surface area contributed by atoms with Gasteiger partial charge in [0.25, 0.3) is 5.91 Å². The van der Waals surface area contributed by atoms with Gasteiger partial charge < -0.3 is 19.9 Å². The Kier molecular flexibility index (Phi) is 6.93. The predicted octanol–water partition coefficient (Wildman–Crippen LogP) is 3.24. The predicted molar refractivity (Wildman–Crippen MR) is 121 cm³/mol. The number of hydrogen-bond acceptors (Lipinski definition) is 7. The zero-order chi connectivity index (χ0) is 22.5. The molecule has 8 nitrogen and oxygen atoms in total. The molecule has 0 radical (unpaired) electrons. The summed E-state index contributed by atoms with van der Waals surface area (Å²) < 4.78 is 10.7. The molecule has 2 amide bonds. The van der Waals surface area contributed by atoms with Crippen molar-refractivity contribution in [3.8, 4) is 11.5 Å². The van der Waals surface area contributed by atoms with E-state index in [9.17, 15) is 19.5 Å². The van der Waals surface area contributed by atoms with Gasteiger partial charge in [-0.2, -0.15) is 0 Å². The number of carbonyl (C=O) groups is 3. The molecule has 0 bridgehead atoms. The number of carboxylic acids is 1. The number of para-hydroxylation sites is 1. The average molecular weight is 459 g/mol. The number of anilines is 1. The van der Waals surface area contributed by atoms with Crippen molar-refractivity contribution in [2.24, 2.45) is 0 Å². The molecule has 2 N–H and O–H groups in total. The lowest BCUT2D eigenvalue weighted by molar-refractivity contribution is -0.126. The summed E-state index contributed by atoms with van der Waals surface area (Å²) in [6, 6.07) is 11.2. The molecular weight excluding hydrogens is 440 g/mol. The third-order valence-electron chi connectivity index (χ3n) is 4.31. The van der Waals surface area contributed by atoms with E-state index in [0.29, 0.717) is 22.0 Å². The smallest absolute Gasteiger partial charge is 0.337 e. The zero-order valence-corrected chi connectivity index (χ0v) is 18.2. The average Bonchev–Trinajstić information content (AvgIpc) is 3.01. The van der Waals surface area contributed by atoms with Crippen LogP contribution >= 0.6 is 24.0 Å². The lowest BCUT2D eigenvalue weighted by Gasteiger charge is -2.15. The molecule has 0 saturated carbocycles. The minimum Gasteiger partial charge on any atom is -0.493 e. The van der Waals surface area contributed by atoms with Gasteiger partial charge in [-0.1, -0.05) is 42.2 Å². The molecule has 1 aliphatic heterocycles. The largest absolute Gasteiger partial charge is 0.493 e. The standard InChI is InChI=1S/C21H18N2O6S2/c1-28-15-8-7-12(9-16(15)29-2)10-17-19(25)23(21(30)31-17)11-18(24)22-14-6-4-3-5-13(14)20(26)27/h3-10H,11H2,1-2H3,(H,22,24)(H,26,27)/b17-10+. The summed E-state index contributed by atoms with van der Waals surface area (Å²) in [4.78, 5) is 38.0. The number of rotatable bonds is 7. The van der Waals surface area contributed by atoms with Crippen LogP contribution in [0.4, 0.5) is 5.69 Å². The highest BCUT2D eigenvalue weighted by Gasteiger charge is 2.33. The molecule has 0 aromatic heterocycles. The van der Waals surface area contributed by atoms with Crippen LogP contribution in [0.1, 0.15) is 15.9 Å². The minimum absolute atomic E-state index is 0.0467. The van der Waals surface area contributed by atoms with Crippen LogP contribution in [0.5, 0.6) is 11.5 Å². The number of methoxy groups -OCH3 is 2. The second-order valence-corrected chi connectivity index (χ2v) is 7.96. The Morgan fingerprint density at radius 2 is 1.87 bits per heavy atom. The van der Waals surface area contributed by atoms with Crippen molar-refractivity contribution in [2.75, 3.05) is 26.1 Å². The summed E-state index contributed by atoms with van der Waals surface area (Å²) in [7, 11) is 3.05. The Balaban J connectivity index is 1.74. The van der Waals surface area contributed by atoms with E-state index >= 15 is 0 Å². The molecule has 0 aliphatic carbocycles. The van der Waals surface area contributed by atoms with E-state index in [1.54, 1.807) is 36.4 Å². The zero-order valence-electron chi connectivity index (χ0n) is 16.6. The summed E-state index contributed by atoms with van der Waals surface area (Å²) in [5.41, 5.74) is 0.805. The lowest BCUT2D eigenvalue weighted by Crippen LogP contribution is -2.36. The second-order valence-electron chi connectivity index (χ2n) is 6.28. The Labute approximate surface area is 187 Å². The fraction of sp³-hybridized carbons (Fsp3) is 0.143. The van der Waals surface area contributed by atoms with Gasteiger partial charge in [0.05, 0.1) is 30.4 Å². The van der Waals surface area contributed by atoms with E-state index < -0.39 is 17.8 Å². The van der Waals surface area contributed by atoms with Gasteiger partial charge in [-0.25, -0.2) is 4.79 Å². The number of nitrogens with one attached hydrogen (secondary N) is 1. The van der Waals surface area contributed by atoms with Crippen LogP contribution in [0.2, 0.25) is 0 Å². The SMILES string of the molecule is COc1ccc(/C=C2/SC(=S)N(CC(=O)Nc3ccccc3C(=O)O)C2=O)cc1OC. The van der Waals surface area contributed by atoms with Crippen LogP contribution in [0.15, 0.2) is 47.4 Å². The number of nitrogens with zero attached hydrogens (tertiary/aromatic N) is 1. The molecule has 31 heavy (non-hydrogen) atoms. The highest BCUT2D eigenvalue weighted by atomic mass is 32.2. The van der Waals surface area contributed by atoms with Crippen molar-refractivity contribution in [3.05, 3.63) is 58.5 Å². The van der Waals surface area contributed by atoms with E-state index in [1.807, 2.05) is 0 Å². The van der Waals surface area contributed by atoms with Crippen LogP contribution in [-0.4, -0.2) is 52.9 Å². The van der Waals surface area contributed by atoms with Crippen LogP contribution < -0.4 is 14.8 Å². The fourth-order valence-corrected chi connectivity index (χ4v) is 4.10. The highest BCUT2D eigenvalue weighted by molar-refractivity contribution is 8.26. The molecule has 2 aromatic carbocycles. The van der Waals surface area contributed by atoms with Gasteiger partial charge in [-0.15, -0.1) is 0 Å². The van der Waals surface area contributed by atoms with Crippen LogP contribution in [0.25, 0.3) is 6.08 Å². The number of thioether (sulfide) groups is 1. The van der Waals surface area contributed by atoms with Gasteiger partial charge in [0.1, 0.15) is 10.9 Å². The van der Waals surface area contributed by atoms with E-state index in [1.165, 1.54) is 31.3 Å². The van der Waals surface area contributed by atoms with Crippen LogP contribution in [0, 0.1) is 0 Å². The van der Waals surface area contributed by atoms with Crippen molar-refractivity contribution in [3.63, 3.8) is 0 Å². The number of thiocarbonyl (C=S) groups is 1. The topological polar surface area (TPSA) is 105 Å². The molecule has 1 heterocycles. The minimum atomic E-state index is -1.17. The summed E-state index contributed by atoms with van der Waals surface area (Å²) in [5.74, 6) is -1.06. The molecule has 3 rings (SSSR count). The van der Waals surface area contributed by atoms with Crippen LogP contribution in [0.3, 0.4) is 0 Å². The van der Waals surface area contributed by atoms with E-state index in [0.717, 1.165) is 11.8 Å². The number of aromatic carboxylic acids is 1. The summed E-state index contributed by atoms with van der Waals surface area (Å²) >= 11 is 6.34. The normalized spacial score (nSPS) is 14.6. The number of carboxylic acid groups (broad SMARTS) is 1. The van der Waals surface area contributed by atoms with Crippen molar-refractivity contribution in [1.82, 2.24) is 4.90 Å². The Morgan fingerprint density at radius 3 is 2.55 bits per heavy atom. The Morgan fingerprint density at radius 1 is 1.16 bits per heavy atom. The van der Waals surface area contributed by atoms with Gasteiger partial charge in [-0.3, -0.25) is 14.5 Å². The van der Waals surface area contributed by atoms with Crippen molar-refractivity contribution < 1.29 is 29.0 Å². The summed E-state index contributed by atoms with van der Waals surface area (Å²) in [6.45, 7) is -0.331. The summed E-state index contributed by atoms with van der Waals surface area (Å²) in [5, 5.41) is 11.7. The number of benzene rings is 2. The second kappa shape index (κ2) is 9.63. The van der Waals surface area contributed by atoms with Crippen molar-refractivity contribution in [2.45, 2.75) is 0 Å². The first-order chi connectivity index (χ1) is 14.8. The molecule has 0 unspecified atom stereocenters. The first-order valence-electron chi connectivity index (χ1n) is 8.93.